The lowest BCUT2D eigenvalue weighted by Gasteiger charge is -2.11. The van der Waals surface area contributed by atoms with Gasteiger partial charge in [0.15, 0.2) is 5.65 Å². The first-order chi connectivity index (χ1) is 7.72. The maximum Gasteiger partial charge on any atom is 0.243 e. The molecule has 0 spiro atoms. The average molecular weight is 223 g/mol. The van der Waals surface area contributed by atoms with Crippen LogP contribution in [0.25, 0.3) is 5.65 Å². The fourth-order valence-corrected chi connectivity index (χ4v) is 1.43. The molecular formula is C10H14FN5. The van der Waals surface area contributed by atoms with Gasteiger partial charge in [-0.15, -0.1) is 5.10 Å². The van der Waals surface area contributed by atoms with Gasteiger partial charge in [0.1, 0.15) is 5.82 Å². The summed E-state index contributed by atoms with van der Waals surface area (Å²) >= 11 is 0. The van der Waals surface area contributed by atoms with Gasteiger partial charge in [-0.05, 0) is 18.6 Å². The molecule has 2 aromatic heterocycles. The molecule has 1 unspecified atom stereocenters. The van der Waals surface area contributed by atoms with E-state index >= 15 is 0 Å². The molecular weight excluding hydrogens is 209 g/mol. The van der Waals surface area contributed by atoms with Crippen molar-refractivity contribution in [1.82, 2.24) is 14.6 Å². The summed E-state index contributed by atoms with van der Waals surface area (Å²) in [5, 5.41) is 7.20. The van der Waals surface area contributed by atoms with E-state index in [1.54, 1.807) is 6.07 Å². The molecule has 5 nitrogen and oxygen atoms in total. The first-order valence-electron chi connectivity index (χ1n) is 5.21. The van der Waals surface area contributed by atoms with E-state index in [1.807, 2.05) is 6.92 Å². The van der Waals surface area contributed by atoms with Crippen LogP contribution in [0.1, 0.15) is 13.3 Å². The molecule has 0 saturated heterocycles. The number of hydrogen-bond acceptors (Lipinski definition) is 4. The maximum absolute atomic E-state index is 12.9. The number of fused-ring (bicyclic) bond motifs is 1. The lowest BCUT2D eigenvalue weighted by molar-refractivity contribution is 0.614. The second-order valence-electron chi connectivity index (χ2n) is 3.57. The minimum atomic E-state index is -0.338. The summed E-state index contributed by atoms with van der Waals surface area (Å²) in [4.78, 5) is 4.21. The summed E-state index contributed by atoms with van der Waals surface area (Å²) in [6.45, 7) is 2.54. The van der Waals surface area contributed by atoms with Crippen molar-refractivity contribution in [1.29, 1.82) is 0 Å². The fraction of sp³-hybridized carbons (Fsp3) is 0.400. The molecule has 3 N–H and O–H groups in total. The molecule has 0 saturated carbocycles. The number of anilines is 1. The second-order valence-corrected chi connectivity index (χ2v) is 3.57. The Morgan fingerprint density at radius 2 is 2.38 bits per heavy atom. The van der Waals surface area contributed by atoms with E-state index in [4.69, 9.17) is 5.73 Å². The van der Waals surface area contributed by atoms with Crippen molar-refractivity contribution in [3.05, 3.63) is 24.1 Å². The zero-order chi connectivity index (χ0) is 11.5. The molecule has 0 radical (unpaired) electrons. The van der Waals surface area contributed by atoms with Gasteiger partial charge in [-0.2, -0.15) is 4.98 Å². The number of hydrogen-bond donors (Lipinski definition) is 2. The quantitative estimate of drug-likeness (QED) is 0.812. The van der Waals surface area contributed by atoms with E-state index in [9.17, 15) is 4.39 Å². The van der Waals surface area contributed by atoms with Crippen LogP contribution in [-0.4, -0.2) is 27.2 Å². The molecule has 0 aliphatic rings. The molecule has 6 heteroatoms. The standard InChI is InChI=1S/C10H14FN5/c1-2-8(5-12)13-10-14-9-4-3-7(11)6-16(9)15-10/h3-4,6,8H,2,5,12H2,1H3,(H,13,15). The van der Waals surface area contributed by atoms with Crippen molar-refractivity contribution >= 4 is 11.6 Å². The number of halogens is 1. The van der Waals surface area contributed by atoms with Crippen LogP contribution in [0.15, 0.2) is 18.3 Å². The van der Waals surface area contributed by atoms with E-state index in [0.29, 0.717) is 18.1 Å². The topological polar surface area (TPSA) is 68.2 Å². The van der Waals surface area contributed by atoms with Gasteiger partial charge in [-0.1, -0.05) is 6.92 Å². The van der Waals surface area contributed by atoms with Crippen LogP contribution in [0.4, 0.5) is 10.3 Å². The lowest BCUT2D eigenvalue weighted by Crippen LogP contribution is -2.28. The average Bonchev–Trinajstić information content (AvgIpc) is 2.67. The van der Waals surface area contributed by atoms with E-state index in [1.165, 1.54) is 16.8 Å². The van der Waals surface area contributed by atoms with E-state index in [0.717, 1.165) is 6.42 Å². The zero-order valence-corrected chi connectivity index (χ0v) is 9.02. The molecule has 0 aliphatic heterocycles. The first-order valence-corrected chi connectivity index (χ1v) is 5.21. The van der Waals surface area contributed by atoms with Crippen molar-refractivity contribution in [3.8, 4) is 0 Å². The third-order valence-corrected chi connectivity index (χ3v) is 2.41. The van der Waals surface area contributed by atoms with Gasteiger partial charge in [0.05, 0.1) is 6.20 Å². The highest BCUT2D eigenvalue weighted by atomic mass is 19.1. The Morgan fingerprint density at radius 3 is 3.06 bits per heavy atom. The van der Waals surface area contributed by atoms with Gasteiger partial charge in [0, 0.05) is 12.6 Å². The van der Waals surface area contributed by atoms with Gasteiger partial charge >= 0.3 is 0 Å². The van der Waals surface area contributed by atoms with Crippen molar-refractivity contribution in [3.63, 3.8) is 0 Å². The minimum Gasteiger partial charge on any atom is -0.349 e. The maximum atomic E-state index is 12.9. The summed E-state index contributed by atoms with van der Waals surface area (Å²) in [6, 6.07) is 3.08. The number of aromatic nitrogens is 3. The summed E-state index contributed by atoms with van der Waals surface area (Å²) in [5.74, 6) is 0.137. The largest absolute Gasteiger partial charge is 0.349 e. The van der Waals surface area contributed by atoms with Crippen LogP contribution >= 0.6 is 0 Å². The number of pyridine rings is 1. The van der Waals surface area contributed by atoms with Crippen molar-refractivity contribution in [2.45, 2.75) is 19.4 Å². The predicted molar refractivity (Wildman–Crippen MR) is 59.7 cm³/mol. The fourth-order valence-electron chi connectivity index (χ4n) is 1.43. The van der Waals surface area contributed by atoms with E-state index in [2.05, 4.69) is 15.4 Å². The van der Waals surface area contributed by atoms with Crippen LogP contribution < -0.4 is 11.1 Å². The molecule has 2 rings (SSSR count). The molecule has 0 fully saturated rings. The Kier molecular flexibility index (Phi) is 3.00. The van der Waals surface area contributed by atoms with Gasteiger partial charge < -0.3 is 11.1 Å². The number of nitrogens with zero attached hydrogens (tertiary/aromatic N) is 3. The molecule has 0 bridgehead atoms. The van der Waals surface area contributed by atoms with Gasteiger partial charge in [-0.3, -0.25) is 0 Å². The zero-order valence-electron chi connectivity index (χ0n) is 9.02. The Hall–Kier alpha value is -1.69. The highest BCUT2D eigenvalue weighted by Crippen LogP contribution is 2.08. The van der Waals surface area contributed by atoms with Crippen molar-refractivity contribution < 1.29 is 4.39 Å². The molecule has 2 aromatic rings. The van der Waals surface area contributed by atoms with Crippen LogP contribution in [0.2, 0.25) is 0 Å². The highest BCUT2D eigenvalue weighted by molar-refractivity contribution is 5.43. The van der Waals surface area contributed by atoms with E-state index in [-0.39, 0.29) is 11.9 Å². The molecule has 16 heavy (non-hydrogen) atoms. The molecule has 0 amide bonds. The third kappa shape index (κ3) is 2.11. The van der Waals surface area contributed by atoms with Crippen LogP contribution in [0.5, 0.6) is 0 Å². The summed E-state index contributed by atoms with van der Waals surface area (Å²) in [7, 11) is 0. The summed E-state index contributed by atoms with van der Waals surface area (Å²) in [6.07, 6.45) is 2.18. The lowest BCUT2D eigenvalue weighted by atomic mass is 10.2. The Bertz CT molecular complexity index is 477. The third-order valence-electron chi connectivity index (χ3n) is 2.41. The Labute approximate surface area is 92.5 Å². The number of rotatable bonds is 4. The van der Waals surface area contributed by atoms with Crippen LogP contribution in [0.3, 0.4) is 0 Å². The van der Waals surface area contributed by atoms with Crippen LogP contribution in [0, 0.1) is 5.82 Å². The molecule has 2 heterocycles. The Balaban J connectivity index is 2.25. The van der Waals surface area contributed by atoms with Crippen molar-refractivity contribution in [2.24, 2.45) is 5.73 Å². The molecule has 86 valence electrons. The van der Waals surface area contributed by atoms with Crippen molar-refractivity contribution in [2.75, 3.05) is 11.9 Å². The first kappa shape index (κ1) is 10.8. The van der Waals surface area contributed by atoms with Gasteiger partial charge in [-0.25, -0.2) is 8.91 Å². The normalized spacial score (nSPS) is 12.9. The van der Waals surface area contributed by atoms with E-state index < -0.39 is 0 Å². The monoisotopic (exact) mass is 223 g/mol. The molecule has 0 aromatic carbocycles. The highest BCUT2D eigenvalue weighted by Gasteiger charge is 2.08. The Morgan fingerprint density at radius 1 is 1.56 bits per heavy atom. The smallest absolute Gasteiger partial charge is 0.243 e. The van der Waals surface area contributed by atoms with Crippen LogP contribution in [-0.2, 0) is 0 Å². The summed E-state index contributed by atoms with van der Waals surface area (Å²) in [5.41, 5.74) is 6.17. The minimum absolute atomic E-state index is 0.141. The predicted octanol–water partition coefficient (Wildman–Crippen LogP) is 1.02. The van der Waals surface area contributed by atoms with Gasteiger partial charge in [0.25, 0.3) is 0 Å². The molecule has 1 atom stereocenters. The molecule has 0 aliphatic carbocycles. The van der Waals surface area contributed by atoms with Gasteiger partial charge in [0.2, 0.25) is 5.95 Å². The number of nitrogens with one attached hydrogen (secondary N) is 1. The second kappa shape index (κ2) is 4.44. The number of nitrogens with two attached hydrogens (primary N) is 1. The summed E-state index contributed by atoms with van der Waals surface area (Å²) < 4.78 is 14.3. The SMILES string of the molecule is CCC(CN)Nc1nc2ccc(F)cn2n1.